The molecule has 154 valence electrons. The van der Waals surface area contributed by atoms with E-state index in [0.717, 1.165) is 18.4 Å². The normalized spacial score (nSPS) is 25.9. The minimum absolute atomic E-state index is 0.0312. The van der Waals surface area contributed by atoms with Crippen LogP contribution in [0.1, 0.15) is 70.8 Å². The highest BCUT2D eigenvalue weighted by atomic mass is 16.6. The van der Waals surface area contributed by atoms with Gasteiger partial charge in [-0.2, -0.15) is 0 Å². The molecule has 0 aromatic heterocycles. The molecule has 2 saturated heterocycles. The van der Waals surface area contributed by atoms with Gasteiger partial charge >= 0.3 is 5.97 Å². The van der Waals surface area contributed by atoms with Crippen LogP contribution in [-0.2, 0) is 14.3 Å². The highest BCUT2D eigenvalue weighted by Gasteiger charge is 2.39. The van der Waals surface area contributed by atoms with Gasteiger partial charge in [0.15, 0.2) is 0 Å². The summed E-state index contributed by atoms with van der Waals surface area (Å²) in [4.78, 5) is 27.8. The van der Waals surface area contributed by atoms with Gasteiger partial charge < -0.3 is 15.0 Å². The number of ether oxygens (including phenoxy) is 1. The summed E-state index contributed by atoms with van der Waals surface area (Å²) in [7, 11) is 2.20. The van der Waals surface area contributed by atoms with Gasteiger partial charge in [-0.3, -0.25) is 9.59 Å². The molecule has 1 amide bonds. The Labute approximate surface area is 168 Å². The van der Waals surface area contributed by atoms with Gasteiger partial charge in [0.05, 0.1) is 5.92 Å². The van der Waals surface area contributed by atoms with Crippen molar-refractivity contribution in [2.24, 2.45) is 0 Å². The van der Waals surface area contributed by atoms with Crippen molar-refractivity contribution >= 4 is 11.9 Å². The van der Waals surface area contributed by atoms with E-state index in [1.54, 1.807) is 0 Å². The van der Waals surface area contributed by atoms with Gasteiger partial charge in [0.25, 0.3) is 0 Å². The first-order valence-corrected chi connectivity index (χ1v) is 10.5. The lowest BCUT2D eigenvalue weighted by Crippen LogP contribution is -2.49. The first kappa shape index (κ1) is 20.8. The van der Waals surface area contributed by atoms with Crippen molar-refractivity contribution < 1.29 is 14.3 Å². The number of hydrogen-bond acceptors (Lipinski definition) is 4. The average Bonchev–Trinajstić information content (AvgIpc) is 2.82. The zero-order valence-corrected chi connectivity index (χ0v) is 17.6. The topological polar surface area (TPSA) is 58.6 Å². The largest absolute Gasteiger partial charge is 0.460 e. The smallest absolute Gasteiger partial charge is 0.306 e. The highest BCUT2D eigenvalue weighted by molar-refractivity contribution is 5.84. The fourth-order valence-corrected chi connectivity index (χ4v) is 4.62. The third-order valence-electron chi connectivity index (χ3n) is 6.02. The Kier molecular flexibility index (Phi) is 6.43. The Morgan fingerprint density at radius 3 is 2.32 bits per heavy atom. The lowest BCUT2D eigenvalue weighted by Gasteiger charge is -2.37. The van der Waals surface area contributed by atoms with E-state index in [9.17, 15) is 9.59 Å². The van der Waals surface area contributed by atoms with E-state index in [0.29, 0.717) is 18.5 Å². The predicted octanol–water partition coefficient (Wildman–Crippen LogP) is 3.63. The summed E-state index contributed by atoms with van der Waals surface area (Å²) < 4.78 is 5.43. The molecule has 2 heterocycles. The van der Waals surface area contributed by atoms with Crippen LogP contribution in [0, 0.1) is 0 Å². The molecular formula is C23H34N2O3. The third-order valence-corrected chi connectivity index (χ3v) is 6.02. The van der Waals surface area contributed by atoms with E-state index >= 15 is 0 Å². The number of benzene rings is 1. The first-order valence-electron chi connectivity index (χ1n) is 10.5. The maximum absolute atomic E-state index is 13.1. The van der Waals surface area contributed by atoms with Gasteiger partial charge in [-0.1, -0.05) is 30.3 Å². The number of rotatable bonds is 6. The predicted molar refractivity (Wildman–Crippen MR) is 110 cm³/mol. The number of nitrogens with one attached hydrogen (secondary N) is 1. The van der Waals surface area contributed by atoms with Gasteiger partial charge in [-0.15, -0.1) is 0 Å². The number of hydrogen-bond donors (Lipinski definition) is 1. The molecule has 1 aromatic carbocycles. The average molecular weight is 387 g/mol. The molecule has 5 heteroatoms. The number of esters is 1. The van der Waals surface area contributed by atoms with Gasteiger partial charge in [0.2, 0.25) is 5.91 Å². The second kappa shape index (κ2) is 8.64. The maximum atomic E-state index is 13.1. The molecule has 2 aliphatic heterocycles. The Morgan fingerprint density at radius 1 is 1.14 bits per heavy atom. The van der Waals surface area contributed by atoms with Crippen molar-refractivity contribution in [2.45, 2.75) is 88.9 Å². The van der Waals surface area contributed by atoms with E-state index < -0.39 is 5.60 Å². The number of nitrogens with zero attached hydrogens (tertiary/aromatic N) is 1. The van der Waals surface area contributed by atoms with Crippen molar-refractivity contribution in [3.8, 4) is 0 Å². The summed E-state index contributed by atoms with van der Waals surface area (Å²) in [5.41, 5.74) is 0.453. The molecule has 2 aliphatic rings. The Bertz CT molecular complexity index is 669. The van der Waals surface area contributed by atoms with Crippen LogP contribution in [0.15, 0.2) is 30.3 Å². The molecule has 0 radical (unpaired) electrons. The molecule has 3 rings (SSSR count). The molecule has 4 atom stereocenters. The summed E-state index contributed by atoms with van der Waals surface area (Å²) in [5, 5.41) is 3.29. The molecule has 28 heavy (non-hydrogen) atoms. The van der Waals surface area contributed by atoms with Crippen LogP contribution in [-0.4, -0.2) is 47.6 Å². The minimum atomic E-state index is -0.505. The molecule has 5 nitrogen and oxygen atoms in total. The zero-order valence-electron chi connectivity index (χ0n) is 17.6. The Hall–Kier alpha value is -1.88. The van der Waals surface area contributed by atoms with Gasteiger partial charge in [-0.25, -0.2) is 0 Å². The molecule has 0 saturated carbocycles. The van der Waals surface area contributed by atoms with Crippen LogP contribution in [0.5, 0.6) is 0 Å². The lowest BCUT2D eigenvalue weighted by atomic mass is 9.91. The third kappa shape index (κ3) is 5.34. The minimum Gasteiger partial charge on any atom is -0.460 e. The number of piperidine rings is 1. The summed E-state index contributed by atoms with van der Waals surface area (Å²) >= 11 is 0. The SMILES string of the molecule is CN1[C@@H]2CC[C@H]1CC(NC(=O)C(CCC(=O)OC(C)(C)C)c1ccccc1)C2. The van der Waals surface area contributed by atoms with E-state index in [-0.39, 0.29) is 30.3 Å². The quantitative estimate of drug-likeness (QED) is 0.759. The zero-order chi connectivity index (χ0) is 20.3. The van der Waals surface area contributed by atoms with Gasteiger partial charge in [0.1, 0.15) is 5.60 Å². The Morgan fingerprint density at radius 2 is 1.75 bits per heavy atom. The van der Waals surface area contributed by atoms with Crippen LogP contribution in [0.2, 0.25) is 0 Å². The molecule has 1 N–H and O–H groups in total. The van der Waals surface area contributed by atoms with Gasteiger partial charge in [0, 0.05) is 24.5 Å². The van der Waals surface area contributed by atoms with Crippen LogP contribution in [0.4, 0.5) is 0 Å². The van der Waals surface area contributed by atoms with Gasteiger partial charge in [-0.05, 0) is 65.5 Å². The molecule has 2 unspecified atom stereocenters. The summed E-state index contributed by atoms with van der Waals surface area (Å²) in [5.74, 6) is -0.548. The number of carbonyl (C=O) groups excluding carboxylic acids is 2. The number of fused-ring (bicyclic) bond motifs is 2. The number of amides is 1. The molecule has 0 spiro atoms. The van der Waals surface area contributed by atoms with E-state index in [1.807, 2.05) is 51.1 Å². The molecule has 0 aliphatic carbocycles. The fourth-order valence-electron chi connectivity index (χ4n) is 4.62. The van der Waals surface area contributed by atoms with Crippen molar-refractivity contribution in [1.29, 1.82) is 0 Å². The standard InChI is InChI=1S/C23H34N2O3/c1-23(2,3)28-21(26)13-12-20(16-8-6-5-7-9-16)22(27)24-17-14-18-10-11-19(15-17)25(18)4/h5-9,17-20H,10-15H2,1-4H3,(H,24,27)/t17?,18-,19+,20?. The monoisotopic (exact) mass is 386 g/mol. The molecule has 2 fully saturated rings. The molecular weight excluding hydrogens is 352 g/mol. The highest BCUT2D eigenvalue weighted by Crippen LogP contribution is 2.34. The second-order valence-electron chi connectivity index (χ2n) is 9.32. The maximum Gasteiger partial charge on any atom is 0.306 e. The van der Waals surface area contributed by atoms with Crippen molar-refractivity contribution in [3.63, 3.8) is 0 Å². The fraction of sp³-hybridized carbons (Fsp3) is 0.652. The summed E-state index contributed by atoms with van der Waals surface area (Å²) in [6.07, 6.45) is 5.20. The van der Waals surface area contributed by atoms with Crippen LogP contribution in [0.25, 0.3) is 0 Å². The Balaban J connectivity index is 1.63. The summed E-state index contributed by atoms with van der Waals surface area (Å²) in [6.45, 7) is 5.59. The van der Waals surface area contributed by atoms with Crippen molar-refractivity contribution in [2.75, 3.05) is 7.05 Å². The molecule has 2 bridgehead atoms. The first-order chi connectivity index (χ1) is 13.2. The lowest BCUT2D eigenvalue weighted by molar-refractivity contribution is -0.155. The van der Waals surface area contributed by atoms with Crippen LogP contribution in [0.3, 0.4) is 0 Å². The van der Waals surface area contributed by atoms with Crippen molar-refractivity contribution in [3.05, 3.63) is 35.9 Å². The van der Waals surface area contributed by atoms with Crippen LogP contribution >= 0.6 is 0 Å². The summed E-state index contributed by atoms with van der Waals surface area (Å²) in [6, 6.07) is 11.2. The molecule has 1 aromatic rings. The van der Waals surface area contributed by atoms with Crippen LogP contribution < -0.4 is 5.32 Å². The number of carbonyl (C=O) groups is 2. The van der Waals surface area contributed by atoms with E-state index in [2.05, 4.69) is 17.3 Å². The second-order valence-corrected chi connectivity index (χ2v) is 9.32. The van der Waals surface area contributed by atoms with E-state index in [1.165, 1.54) is 12.8 Å². The van der Waals surface area contributed by atoms with Crippen molar-refractivity contribution in [1.82, 2.24) is 10.2 Å². The van der Waals surface area contributed by atoms with E-state index in [4.69, 9.17) is 4.74 Å².